The molecule has 5 heteroatoms. The van der Waals surface area contributed by atoms with E-state index in [9.17, 15) is 13.2 Å². The number of nitrogens with two attached hydrogens (primary N) is 1. The molecule has 0 radical (unpaired) electrons. The Morgan fingerprint density at radius 1 is 1.19 bits per heavy atom. The van der Waals surface area contributed by atoms with Gasteiger partial charge in [0.15, 0.2) is 0 Å². The van der Waals surface area contributed by atoms with E-state index >= 15 is 0 Å². The molecule has 2 nitrogen and oxygen atoms in total. The normalized spacial score (nSPS) is 24.6. The fourth-order valence-corrected chi connectivity index (χ4v) is 3.26. The Balaban J connectivity index is 2.04. The molecule has 1 aliphatic rings. The van der Waals surface area contributed by atoms with E-state index in [1.165, 1.54) is 0 Å². The maximum atomic E-state index is 13.1. The quantitative estimate of drug-likeness (QED) is 0.914. The number of hydrogen-bond donors (Lipinski definition) is 1. The average molecular weight is 301 g/mol. The number of alkyl halides is 3. The summed E-state index contributed by atoms with van der Waals surface area (Å²) in [5.74, 6) is -0.987. The van der Waals surface area contributed by atoms with Crippen LogP contribution in [0.4, 0.5) is 13.2 Å². The molecule has 0 saturated heterocycles. The monoisotopic (exact) mass is 301 g/mol. The molecule has 0 spiro atoms. The highest BCUT2D eigenvalue weighted by Crippen LogP contribution is 2.42. The molecule has 0 bridgehead atoms. The first-order valence-electron chi connectivity index (χ1n) is 7.37. The standard InChI is InChI=1S/C16H22F3NO/c1-21-12-8-6-11(7-9-12)10-15(20)13-4-2-3-5-14(13)16(17,18)19/h6-9,13-15H,2-5,10,20H2,1H3. The largest absolute Gasteiger partial charge is 0.497 e. The molecule has 21 heavy (non-hydrogen) atoms. The molecule has 2 N–H and O–H groups in total. The molecule has 0 aromatic heterocycles. The Morgan fingerprint density at radius 3 is 2.38 bits per heavy atom. The topological polar surface area (TPSA) is 35.2 Å². The second-order valence-electron chi connectivity index (χ2n) is 5.81. The van der Waals surface area contributed by atoms with Crippen LogP contribution in [0.15, 0.2) is 24.3 Å². The minimum absolute atomic E-state index is 0.213. The van der Waals surface area contributed by atoms with Crippen molar-refractivity contribution in [1.82, 2.24) is 0 Å². The lowest BCUT2D eigenvalue weighted by Crippen LogP contribution is -2.44. The zero-order valence-corrected chi connectivity index (χ0v) is 12.2. The maximum absolute atomic E-state index is 13.1. The van der Waals surface area contributed by atoms with Crippen molar-refractivity contribution in [2.45, 2.75) is 44.3 Å². The highest BCUT2D eigenvalue weighted by Gasteiger charge is 2.47. The van der Waals surface area contributed by atoms with E-state index in [0.717, 1.165) is 17.7 Å². The zero-order valence-electron chi connectivity index (χ0n) is 12.2. The smallest absolute Gasteiger partial charge is 0.392 e. The summed E-state index contributed by atoms with van der Waals surface area (Å²) in [5.41, 5.74) is 7.06. The van der Waals surface area contributed by atoms with Crippen molar-refractivity contribution in [3.63, 3.8) is 0 Å². The molecule has 0 amide bonds. The van der Waals surface area contributed by atoms with E-state index in [-0.39, 0.29) is 6.42 Å². The highest BCUT2D eigenvalue weighted by molar-refractivity contribution is 5.27. The first kappa shape index (κ1) is 16.1. The van der Waals surface area contributed by atoms with Crippen molar-refractivity contribution >= 4 is 0 Å². The summed E-state index contributed by atoms with van der Waals surface area (Å²) in [6, 6.07) is 6.90. The van der Waals surface area contributed by atoms with Crippen LogP contribution in [0.25, 0.3) is 0 Å². The highest BCUT2D eigenvalue weighted by atomic mass is 19.4. The van der Waals surface area contributed by atoms with Gasteiger partial charge in [0.05, 0.1) is 13.0 Å². The van der Waals surface area contributed by atoms with Gasteiger partial charge in [0.2, 0.25) is 0 Å². The lowest BCUT2D eigenvalue weighted by atomic mass is 9.73. The minimum atomic E-state index is -4.14. The molecule has 2 rings (SSSR count). The lowest BCUT2D eigenvalue weighted by Gasteiger charge is -2.36. The molecule has 1 aromatic carbocycles. The van der Waals surface area contributed by atoms with Gasteiger partial charge in [0.1, 0.15) is 5.75 Å². The number of ether oxygens (including phenoxy) is 1. The lowest BCUT2D eigenvalue weighted by molar-refractivity contribution is -0.198. The first-order chi connectivity index (χ1) is 9.91. The van der Waals surface area contributed by atoms with Gasteiger partial charge in [-0.15, -0.1) is 0 Å². The Kier molecular flexibility index (Phi) is 5.14. The zero-order chi connectivity index (χ0) is 15.5. The van der Waals surface area contributed by atoms with Gasteiger partial charge in [-0.2, -0.15) is 13.2 Å². The van der Waals surface area contributed by atoms with Crippen LogP contribution in [0.1, 0.15) is 31.2 Å². The molecular formula is C16H22F3NO. The number of methoxy groups -OCH3 is 1. The number of benzene rings is 1. The van der Waals surface area contributed by atoms with Crippen LogP contribution < -0.4 is 10.5 Å². The van der Waals surface area contributed by atoms with E-state index in [1.807, 2.05) is 24.3 Å². The predicted octanol–water partition coefficient (Wildman–Crippen LogP) is 3.93. The van der Waals surface area contributed by atoms with E-state index < -0.39 is 24.1 Å². The van der Waals surface area contributed by atoms with Crippen molar-refractivity contribution < 1.29 is 17.9 Å². The first-order valence-corrected chi connectivity index (χ1v) is 7.37. The van der Waals surface area contributed by atoms with Gasteiger partial charge in [0.25, 0.3) is 0 Å². The third-order valence-electron chi connectivity index (χ3n) is 4.42. The van der Waals surface area contributed by atoms with Crippen LogP contribution in [0.2, 0.25) is 0 Å². The van der Waals surface area contributed by atoms with Gasteiger partial charge < -0.3 is 10.5 Å². The second kappa shape index (κ2) is 6.69. The van der Waals surface area contributed by atoms with E-state index in [4.69, 9.17) is 10.5 Å². The van der Waals surface area contributed by atoms with Gasteiger partial charge in [0, 0.05) is 6.04 Å². The molecule has 0 heterocycles. The average Bonchev–Trinajstić information content (AvgIpc) is 2.47. The summed E-state index contributed by atoms with van der Waals surface area (Å²) >= 11 is 0. The summed E-state index contributed by atoms with van der Waals surface area (Å²) < 4.78 is 44.4. The second-order valence-corrected chi connectivity index (χ2v) is 5.81. The summed E-state index contributed by atoms with van der Waals surface area (Å²) in [7, 11) is 1.58. The summed E-state index contributed by atoms with van der Waals surface area (Å²) in [4.78, 5) is 0. The number of hydrogen-bond acceptors (Lipinski definition) is 2. The SMILES string of the molecule is COc1ccc(CC(N)C2CCCCC2C(F)(F)F)cc1. The van der Waals surface area contributed by atoms with Crippen LogP contribution in [0.3, 0.4) is 0 Å². The predicted molar refractivity (Wildman–Crippen MR) is 76.2 cm³/mol. The van der Waals surface area contributed by atoms with Gasteiger partial charge in [-0.1, -0.05) is 25.0 Å². The summed E-state index contributed by atoms with van der Waals surface area (Å²) in [6.45, 7) is 0. The molecule has 3 atom stereocenters. The van der Waals surface area contributed by atoms with Crippen molar-refractivity contribution in [2.75, 3.05) is 7.11 Å². The van der Waals surface area contributed by atoms with Gasteiger partial charge in [-0.05, 0) is 42.9 Å². The Labute approximate surface area is 123 Å². The van der Waals surface area contributed by atoms with Gasteiger partial charge in [-0.3, -0.25) is 0 Å². The summed E-state index contributed by atoms with van der Waals surface area (Å²) in [6.07, 6.45) is -1.39. The van der Waals surface area contributed by atoms with E-state index in [1.54, 1.807) is 7.11 Å². The molecule has 1 aliphatic carbocycles. The number of halogens is 3. The molecule has 1 aromatic rings. The van der Waals surface area contributed by atoms with Crippen molar-refractivity contribution in [1.29, 1.82) is 0 Å². The van der Waals surface area contributed by atoms with Crippen LogP contribution in [0.5, 0.6) is 5.75 Å². The van der Waals surface area contributed by atoms with Crippen LogP contribution in [0, 0.1) is 11.8 Å². The van der Waals surface area contributed by atoms with Gasteiger partial charge >= 0.3 is 6.18 Å². The van der Waals surface area contributed by atoms with Crippen molar-refractivity contribution in [2.24, 2.45) is 17.6 Å². The van der Waals surface area contributed by atoms with E-state index in [2.05, 4.69) is 0 Å². The maximum Gasteiger partial charge on any atom is 0.392 e. The molecular weight excluding hydrogens is 279 g/mol. The third-order valence-corrected chi connectivity index (χ3v) is 4.42. The van der Waals surface area contributed by atoms with Crippen LogP contribution in [-0.4, -0.2) is 19.3 Å². The van der Waals surface area contributed by atoms with Crippen molar-refractivity contribution in [3.05, 3.63) is 29.8 Å². The number of rotatable bonds is 4. The fraction of sp³-hybridized carbons (Fsp3) is 0.625. The fourth-order valence-electron chi connectivity index (χ4n) is 3.26. The summed E-state index contributed by atoms with van der Waals surface area (Å²) in [5, 5.41) is 0. The van der Waals surface area contributed by atoms with Crippen LogP contribution in [-0.2, 0) is 6.42 Å². The van der Waals surface area contributed by atoms with Crippen LogP contribution >= 0.6 is 0 Å². The minimum Gasteiger partial charge on any atom is -0.497 e. The Hall–Kier alpha value is -1.23. The molecule has 118 valence electrons. The molecule has 1 fully saturated rings. The van der Waals surface area contributed by atoms with Gasteiger partial charge in [-0.25, -0.2) is 0 Å². The Morgan fingerprint density at radius 2 is 1.81 bits per heavy atom. The third kappa shape index (κ3) is 4.13. The van der Waals surface area contributed by atoms with E-state index in [0.29, 0.717) is 19.3 Å². The van der Waals surface area contributed by atoms with Crippen molar-refractivity contribution in [3.8, 4) is 5.75 Å². The Bertz CT molecular complexity index is 444. The molecule has 1 saturated carbocycles. The molecule has 0 aliphatic heterocycles. The molecule has 3 unspecified atom stereocenters.